The lowest BCUT2D eigenvalue weighted by molar-refractivity contribution is 0.0843. The van der Waals surface area contributed by atoms with Crippen molar-refractivity contribution in [1.29, 1.82) is 0 Å². The third-order valence-corrected chi connectivity index (χ3v) is 5.57. The van der Waals surface area contributed by atoms with Crippen molar-refractivity contribution in [3.05, 3.63) is 76.9 Å². The summed E-state index contributed by atoms with van der Waals surface area (Å²) >= 11 is 0. The third-order valence-electron chi connectivity index (χ3n) is 5.57. The fourth-order valence-electron chi connectivity index (χ4n) is 4.07. The minimum Gasteiger partial charge on any atom is -0.497 e. The molecule has 0 N–H and O–H groups in total. The van der Waals surface area contributed by atoms with E-state index in [1.165, 1.54) is 0 Å². The number of carbonyl (C=O) groups is 1. The van der Waals surface area contributed by atoms with Gasteiger partial charge in [-0.05, 0) is 42.0 Å². The second-order valence-corrected chi connectivity index (χ2v) is 7.29. The van der Waals surface area contributed by atoms with Gasteiger partial charge in [0.15, 0.2) is 11.5 Å². The molecule has 0 radical (unpaired) electrons. The van der Waals surface area contributed by atoms with E-state index in [1.54, 1.807) is 12.0 Å². The van der Waals surface area contributed by atoms with Crippen molar-refractivity contribution in [1.82, 2.24) is 4.90 Å². The largest absolute Gasteiger partial charge is 0.497 e. The summed E-state index contributed by atoms with van der Waals surface area (Å²) in [7, 11) is 1.64. The van der Waals surface area contributed by atoms with E-state index in [0.29, 0.717) is 35.1 Å². The average Bonchev–Trinajstić information content (AvgIpc) is 3.27. The van der Waals surface area contributed by atoms with Gasteiger partial charge in [-0.2, -0.15) is 0 Å². The van der Waals surface area contributed by atoms with Crippen LogP contribution < -0.4 is 18.9 Å². The second kappa shape index (κ2) is 6.29. The summed E-state index contributed by atoms with van der Waals surface area (Å²) in [5.74, 6) is 3.40. The van der Waals surface area contributed by atoms with Gasteiger partial charge in [0, 0.05) is 11.6 Å². The van der Waals surface area contributed by atoms with E-state index in [0.717, 1.165) is 28.1 Å². The smallest absolute Gasteiger partial charge is 0.259 e. The molecule has 0 aromatic heterocycles. The zero-order chi connectivity index (χ0) is 20.2. The van der Waals surface area contributed by atoms with Gasteiger partial charge >= 0.3 is 0 Å². The Hall–Kier alpha value is -3.93. The van der Waals surface area contributed by atoms with Gasteiger partial charge in [0.25, 0.3) is 5.91 Å². The number of carbonyl (C=O) groups excluding carboxylic acids is 1. The van der Waals surface area contributed by atoms with Crippen molar-refractivity contribution in [2.24, 2.45) is 0 Å². The Balaban J connectivity index is 1.48. The summed E-state index contributed by atoms with van der Waals surface area (Å²) in [5.41, 5.74) is 4.12. The van der Waals surface area contributed by atoms with E-state index in [-0.39, 0.29) is 12.7 Å². The number of benzene rings is 3. The quantitative estimate of drug-likeness (QED) is 0.640. The van der Waals surface area contributed by atoms with E-state index >= 15 is 0 Å². The predicted molar refractivity (Wildman–Crippen MR) is 110 cm³/mol. The zero-order valence-electron chi connectivity index (χ0n) is 16.2. The lowest BCUT2D eigenvalue weighted by Crippen LogP contribution is -2.22. The molecule has 30 heavy (non-hydrogen) atoms. The second-order valence-electron chi connectivity index (χ2n) is 7.29. The fourth-order valence-corrected chi connectivity index (χ4v) is 4.07. The molecule has 6 nitrogen and oxygen atoms in total. The van der Waals surface area contributed by atoms with Crippen molar-refractivity contribution < 1.29 is 23.7 Å². The van der Waals surface area contributed by atoms with Crippen LogP contribution in [0.25, 0.3) is 11.8 Å². The van der Waals surface area contributed by atoms with Gasteiger partial charge < -0.3 is 23.8 Å². The number of nitrogens with zero attached hydrogens (tertiary/aromatic N) is 1. The first-order valence-electron chi connectivity index (χ1n) is 9.62. The van der Waals surface area contributed by atoms with Gasteiger partial charge in [-0.25, -0.2) is 0 Å². The minimum absolute atomic E-state index is 0.0401. The summed E-state index contributed by atoms with van der Waals surface area (Å²) in [5, 5.41) is 0. The molecule has 3 aliphatic rings. The first-order valence-corrected chi connectivity index (χ1v) is 9.62. The monoisotopic (exact) mass is 399 g/mol. The van der Waals surface area contributed by atoms with Gasteiger partial charge in [-0.1, -0.05) is 18.2 Å². The maximum absolute atomic E-state index is 13.2. The van der Waals surface area contributed by atoms with Gasteiger partial charge in [0.05, 0.1) is 30.5 Å². The molecular weight excluding hydrogens is 382 g/mol. The maximum atomic E-state index is 13.2. The van der Waals surface area contributed by atoms with Crippen LogP contribution in [-0.2, 0) is 6.54 Å². The molecule has 0 aliphatic carbocycles. The molecule has 148 valence electrons. The summed E-state index contributed by atoms with van der Waals surface area (Å²) in [6.07, 6.45) is 1.99. The van der Waals surface area contributed by atoms with Gasteiger partial charge in [-0.15, -0.1) is 0 Å². The highest BCUT2D eigenvalue weighted by Crippen LogP contribution is 2.48. The van der Waals surface area contributed by atoms with E-state index in [4.69, 9.17) is 18.9 Å². The molecule has 3 aromatic rings. The van der Waals surface area contributed by atoms with Crippen LogP contribution in [0.15, 0.2) is 54.6 Å². The van der Waals surface area contributed by atoms with Crippen LogP contribution in [0.1, 0.15) is 27.0 Å². The molecule has 0 fully saturated rings. The number of hydrogen-bond donors (Lipinski definition) is 0. The highest BCUT2D eigenvalue weighted by Gasteiger charge is 2.37. The lowest BCUT2D eigenvalue weighted by Gasteiger charge is -2.18. The summed E-state index contributed by atoms with van der Waals surface area (Å²) in [6, 6.07) is 17.0. The number of ether oxygens (including phenoxy) is 4. The van der Waals surface area contributed by atoms with Crippen molar-refractivity contribution in [2.75, 3.05) is 13.9 Å². The summed E-state index contributed by atoms with van der Waals surface area (Å²) in [6.45, 7) is 0.639. The van der Waals surface area contributed by atoms with E-state index in [1.807, 2.05) is 60.7 Å². The van der Waals surface area contributed by atoms with Crippen LogP contribution >= 0.6 is 0 Å². The highest BCUT2D eigenvalue weighted by molar-refractivity contribution is 6.13. The number of hydrogen-bond acceptors (Lipinski definition) is 5. The Bertz CT molecular complexity index is 1230. The number of methoxy groups -OCH3 is 1. The first-order chi connectivity index (χ1) is 14.7. The Morgan fingerprint density at radius 1 is 0.967 bits per heavy atom. The van der Waals surface area contributed by atoms with E-state index in [9.17, 15) is 4.79 Å². The Kier molecular flexibility index (Phi) is 3.56. The van der Waals surface area contributed by atoms with Crippen LogP contribution in [0.5, 0.6) is 28.7 Å². The molecule has 0 saturated carbocycles. The van der Waals surface area contributed by atoms with Crippen LogP contribution in [0.2, 0.25) is 0 Å². The SMILES string of the molecule is COc1ccc(CN2C(=O)c3cccc4c3C2=Cc2cc3c(cc2O4)OCO3)cc1. The molecule has 6 rings (SSSR count). The summed E-state index contributed by atoms with van der Waals surface area (Å²) < 4.78 is 22.5. The molecule has 6 heteroatoms. The molecule has 3 heterocycles. The normalized spacial score (nSPS) is 15.2. The maximum Gasteiger partial charge on any atom is 0.259 e. The Labute approximate surface area is 172 Å². The minimum atomic E-state index is -0.0401. The van der Waals surface area contributed by atoms with Crippen LogP contribution in [-0.4, -0.2) is 24.7 Å². The van der Waals surface area contributed by atoms with Crippen molar-refractivity contribution >= 4 is 17.7 Å². The van der Waals surface area contributed by atoms with E-state index in [2.05, 4.69) is 0 Å². The standard InChI is InChI=1S/C24H17NO5/c1-27-16-7-5-14(6-8-16)12-25-18-9-15-10-21-22(29-13-28-21)11-20(15)30-19-4-2-3-17(23(18)19)24(25)26/h2-11H,12-13H2,1H3. The van der Waals surface area contributed by atoms with Crippen LogP contribution in [0.3, 0.4) is 0 Å². The van der Waals surface area contributed by atoms with E-state index < -0.39 is 0 Å². The van der Waals surface area contributed by atoms with Crippen molar-refractivity contribution in [3.8, 4) is 28.7 Å². The Morgan fingerprint density at radius 3 is 2.57 bits per heavy atom. The predicted octanol–water partition coefficient (Wildman–Crippen LogP) is 4.68. The topological polar surface area (TPSA) is 57.2 Å². The van der Waals surface area contributed by atoms with Crippen LogP contribution in [0.4, 0.5) is 0 Å². The number of amides is 1. The number of fused-ring (bicyclic) bond motifs is 2. The van der Waals surface area contributed by atoms with Gasteiger partial charge in [-0.3, -0.25) is 4.79 Å². The number of rotatable bonds is 3. The molecule has 3 aliphatic heterocycles. The van der Waals surface area contributed by atoms with Crippen molar-refractivity contribution in [2.45, 2.75) is 6.54 Å². The highest BCUT2D eigenvalue weighted by atomic mass is 16.7. The molecule has 0 atom stereocenters. The van der Waals surface area contributed by atoms with Gasteiger partial charge in [0.2, 0.25) is 6.79 Å². The molecule has 0 bridgehead atoms. The van der Waals surface area contributed by atoms with Crippen LogP contribution in [0, 0.1) is 0 Å². The molecule has 3 aromatic carbocycles. The third kappa shape index (κ3) is 2.47. The van der Waals surface area contributed by atoms with Gasteiger partial charge in [0.1, 0.15) is 17.2 Å². The molecular formula is C24H17NO5. The molecule has 0 spiro atoms. The molecule has 0 unspecified atom stereocenters. The average molecular weight is 399 g/mol. The lowest BCUT2D eigenvalue weighted by atomic mass is 10.1. The van der Waals surface area contributed by atoms with Crippen molar-refractivity contribution in [3.63, 3.8) is 0 Å². The fraction of sp³-hybridized carbons (Fsp3) is 0.125. The Morgan fingerprint density at radius 2 is 1.77 bits per heavy atom. The zero-order valence-corrected chi connectivity index (χ0v) is 16.2. The molecule has 0 saturated heterocycles. The molecule has 1 amide bonds. The summed E-state index contributed by atoms with van der Waals surface area (Å²) in [4.78, 5) is 15.0. The first kappa shape index (κ1) is 17.0.